The van der Waals surface area contributed by atoms with Gasteiger partial charge >= 0.3 is 12.1 Å². The van der Waals surface area contributed by atoms with Crippen LogP contribution in [0.5, 0.6) is 0 Å². The summed E-state index contributed by atoms with van der Waals surface area (Å²) in [5.41, 5.74) is 4.10. The van der Waals surface area contributed by atoms with E-state index in [-0.39, 0.29) is 5.56 Å². The highest BCUT2D eigenvalue weighted by Crippen LogP contribution is 2.42. The molecule has 0 amide bonds. The van der Waals surface area contributed by atoms with Gasteiger partial charge in [-0.1, -0.05) is 42.5 Å². The number of halogens is 5. The highest BCUT2D eigenvalue weighted by molar-refractivity contribution is 5.76. The van der Waals surface area contributed by atoms with E-state index < -0.39 is 30.7 Å². The molecule has 0 aliphatic heterocycles. The lowest BCUT2D eigenvalue weighted by atomic mass is 9.96. The SMILES string of the molecule is OC(CC(O)C(F)(F)C(F)(F)F)c1ccc2c(c1)Cc1ccccc1-2. The van der Waals surface area contributed by atoms with Gasteiger partial charge in [0.05, 0.1) is 6.10 Å². The van der Waals surface area contributed by atoms with Crippen LogP contribution in [-0.4, -0.2) is 28.4 Å². The van der Waals surface area contributed by atoms with Crippen molar-refractivity contribution < 1.29 is 32.2 Å². The third kappa shape index (κ3) is 3.14. The van der Waals surface area contributed by atoms with Gasteiger partial charge in [-0.3, -0.25) is 0 Å². The lowest BCUT2D eigenvalue weighted by Gasteiger charge is -2.26. The van der Waals surface area contributed by atoms with Gasteiger partial charge in [-0.05, 0) is 34.2 Å². The maximum atomic E-state index is 13.1. The Morgan fingerprint density at radius 1 is 0.880 bits per heavy atom. The summed E-state index contributed by atoms with van der Waals surface area (Å²) in [4.78, 5) is 0. The van der Waals surface area contributed by atoms with E-state index in [1.807, 2.05) is 24.3 Å². The maximum absolute atomic E-state index is 13.1. The van der Waals surface area contributed by atoms with Crippen molar-refractivity contribution in [1.82, 2.24) is 0 Å². The van der Waals surface area contributed by atoms with Crippen molar-refractivity contribution in [2.24, 2.45) is 0 Å². The van der Waals surface area contributed by atoms with Crippen molar-refractivity contribution in [3.63, 3.8) is 0 Å². The molecule has 0 aromatic heterocycles. The highest BCUT2D eigenvalue weighted by atomic mass is 19.4. The summed E-state index contributed by atoms with van der Waals surface area (Å²) >= 11 is 0. The highest BCUT2D eigenvalue weighted by Gasteiger charge is 2.62. The molecule has 1 aliphatic rings. The summed E-state index contributed by atoms with van der Waals surface area (Å²) in [5.74, 6) is -5.28. The van der Waals surface area contributed by atoms with E-state index in [4.69, 9.17) is 0 Å². The number of aliphatic hydroxyl groups is 2. The Balaban J connectivity index is 1.79. The fourth-order valence-corrected chi connectivity index (χ4v) is 3.06. The van der Waals surface area contributed by atoms with E-state index in [9.17, 15) is 32.2 Å². The van der Waals surface area contributed by atoms with Crippen molar-refractivity contribution in [2.45, 2.75) is 37.1 Å². The Labute approximate surface area is 140 Å². The predicted molar refractivity (Wildman–Crippen MR) is 81.3 cm³/mol. The van der Waals surface area contributed by atoms with Crippen LogP contribution in [0.2, 0.25) is 0 Å². The van der Waals surface area contributed by atoms with Crippen molar-refractivity contribution >= 4 is 0 Å². The second-order valence-corrected chi connectivity index (χ2v) is 6.14. The number of benzene rings is 2. The average molecular weight is 358 g/mol. The van der Waals surface area contributed by atoms with Crippen LogP contribution >= 0.6 is 0 Å². The standard InChI is InChI=1S/C18H15F5O2/c19-17(20,18(21,22)23)16(25)9-15(24)11-5-6-14-12(8-11)7-10-3-1-2-4-13(10)14/h1-6,8,15-16,24-25H,7,9H2. The Hall–Kier alpha value is -1.99. The molecule has 0 saturated heterocycles. The molecule has 0 saturated carbocycles. The molecule has 0 heterocycles. The third-order valence-corrected chi connectivity index (χ3v) is 4.45. The minimum atomic E-state index is -5.87. The summed E-state index contributed by atoms with van der Waals surface area (Å²) in [5, 5.41) is 19.3. The first-order valence-electron chi connectivity index (χ1n) is 7.63. The first kappa shape index (κ1) is 17.8. The van der Waals surface area contributed by atoms with Gasteiger partial charge in [0.1, 0.15) is 6.10 Å². The first-order valence-corrected chi connectivity index (χ1v) is 7.63. The predicted octanol–water partition coefficient (Wildman–Crippen LogP) is 4.24. The summed E-state index contributed by atoms with van der Waals surface area (Å²) in [7, 11) is 0. The quantitative estimate of drug-likeness (QED) is 0.685. The van der Waals surface area contributed by atoms with E-state index in [1.54, 1.807) is 12.1 Å². The smallest absolute Gasteiger partial charge is 0.388 e. The molecule has 2 atom stereocenters. The molecule has 0 fully saturated rings. The van der Waals surface area contributed by atoms with Gasteiger partial charge in [0.2, 0.25) is 0 Å². The van der Waals surface area contributed by atoms with Crippen LogP contribution in [0.4, 0.5) is 22.0 Å². The van der Waals surface area contributed by atoms with E-state index >= 15 is 0 Å². The molecule has 0 bridgehead atoms. The molecule has 3 rings (SSSR count). The van der Waals surface area contributed by atoms with E-state index in [1.165, 1.54) is 6.07 Å². The third-order valence-electron chi connectivity index (χ3n) is 4.45. The lowest BCUT2D eigenvalue weighted by Crippen LogP contribution is -2.47. The van der Waals surface area contributed by atoms with Gasteiger partial charge < -0.3 is 10.2 Å². The normalized spacial score (nSPS) is 16.3. The van der Waals surface area contributed by atoms with Gasteiger partial charge in [0.15, 0.2) is 0 Å². The van der Waals surface area contributed by atoms with Crippen molar-refractivity contribution in [3.05, 3.63) is 59.2 Å². The Kier molecular flexibility index (Phi) is 4.33. The fraction of sp³-hybridized carbons (Fsp3) is 0.333. The molecule has 2 nitrogen and oxygen atoms in total. The van der Waals surface area contributed by atoms with E-state index in [0.29, 0.717) is 6.42 Å². The van der Waals surface area contributed by atoms with Gasteiger partial charge in [-0.25, -0.2) is 0 Å². The van der Waals surface area contributed by atoms with Crippen molar-refractivity contribution in [3.8, 4) is 11.1 Å². The molecule has 25 heavy (non-hydrogen) atoms. The van der Waals surface area contributed by atoms with Crippen LogP contribution in [0.15, 0.2) is 42.5 Å². The molecule has 2 aromatic rings. The molecular formula is C18H15F5O2. The van der Waals surface area contributed by atoms with Crippen LogP contribution in [0.3, 0.4) is 0 Å². The minimum Gasteiger partial charge on any atom is -0.388 e. The molecule has 0 radical (unpaired) electrons. The number of alkyl halides is 5. The summed E-state index contributed by atoms with van der Waals surface area (Å²) < 4.78 is 63.1. The number of rotatable bonds is 4. The minimum absolute atomic E-state index is 0.198. The zero-order chi connectivity index (χ0) is 18.4. The molecule has 2 unspecified atom stereocenters. The summed E-state index contributed by atoms with van der Waals surface area (Å²) in [6.07, 6.45) is -11.0. The van der Waals surface area contributed by atoms with Gasteiger partial charge in [-0.2, -0.15) is 22.0 Å². The number of hydrogen-bond acceptors (Lipinski definition) is 2. The van der Waals surface area contributed by atoms with Crippen molar-refractivity contribution in [2.75, 3.05) is 0 Å². The topological polar surface area (TPSA) is 40.5 Å². The molecule has 0 spiro atoms. The van der Waals surface area contributed by atoms with Crippen LogP contribution in [0, 0.1) is 0 Å². The van der Waals surface area contributed by atoms with E-state index in [2.05, 4.69) is 0 Å². The molecule has 2 N–H and O–H groups in total. The first-order chi connectivity index (χ1) is 11.6. The number of fused-ring (bicyclic) bond motifs is 3. The summed E-state index contributed by atoms with van der Waals surface area (Å²) in [6.45, 7) is 0. The van der Waals surface area contributed by atoms with Gasteiger partial charge in [-0.15, -0.1) is 0 Å². The number of aliphatic hydroxyl groups excluding tert-OH is 2. The zero-order valence-electron chi connectivity index (χ0n) is 12.9. The Morgan fingerprint density at radius 2 is 1.52 bits per heavy atom. The average Bonchev–Trinajstić information content (AvgIpc) is 2.91. The lowest BCUT2D eigenvalue weighted by molar-refractivity contribution is -0.315. The van der Waals surface area contributed by atoms with Gasteiger partial charge in [0, 0.05) is 6.42 Å². The second-order valence-electron chi connectivity index (χ2n) is 6.14. The molecule has 134 valence electrons. The zero-order valence-corrected chi connectivity index (χ0v) is 12.9. The van der Waals surface area contributed by atoms with Crippen LogP contribution in [0.1, 0.15) is 29.2 Å². The second kappa shape index (κ2) is 6.07. The largest absolute Gasteiger partial charge is 0.456 e. The molecule has 1 aliphatic carbocycles. The Bertz CT molecular complexity index is 785. The van der Waals surface area contributed by atoms with Crippen LogP contribution in [0.25, 0.3) is 11.1 Å². The van der Waals surface area contributed by atoms with E-state index in [0.717, 1.165) is 22.3 Å². The fourth-order valence-electron chi connectivity index (χ4n) is 3.06. The molecule has 7 heteroatoms. The monoisotopic (exact) mass is 358 g/mol. The number of hydrogen-bond donors (Lipinski definition) is 2. The molecule has 2 aromatic carbocycles. The Morgan fingerprint density at radius 3 is 2.20 bits per heavy atom. The maximum Gasteiger partial charge on any atom is 0.456 e. The summed E-state index contributed by atoms with van der Waals surface area (Å²) in [6, 6.07) is 12.4. The van der Waals surface area contributed by atoms with Crippen LogP contribution in [-0.2, 0) is 6.42 Å². The molecular weight excluding hydrogens is 343 g/mol. The van der Waals surface area contributed by atoms with Gasteiger partial charge in [0.25, 0.3) is 0 Å². The van der Waals surface area contributed by atoms with Crippen LogP contribution < -0.4 is 0 Å². The van der Waals surface area contributed by atoms with Crippen molar-refractivity contribution in [1.29, 1.82) is 0 Å².